The summed E-state index contributed by atoms with van der Waals surface area (Å²) < 4.78 is 27.4. The quantitative estimate of drug-likeness (QED) is 0.403. The molecule has 5 atom stereocenters. The second kappa shape index (κ2) is 11.2. The molecular weight excluding hydrogens is 439 g/mol. The van der Waals surface area contributed by atoms with Crippen molar-refractivity contribution in [3.8, 4) is 0 Å². The predicted molar refractivity (Wildman–Crippen MR) is 115 cm³/mol. The summed E-state index contributed by atoms with van der Waals surface area (Å²) in [6, 6.07) is 0. The molecular formula is C24H41NaO8. The summed E-state index contributed by atoms with van der Waals surface area (Å²) in [6.45, 7) is 17.1. The van der Waals surface area contributed by atoms with Crippen LogP contribution in [0.4, 0.5) is 0 Å². The van der Waals surface area contributed by atoms with E-state index in [9.17, 15) is 14.7 Å². The number of aliphatic carboxylic acids is 1. The fourth-order valence-corrected chi connectivity index (χ4v) is 4.54. The Labute approximate surface area is 220 Å². The first kappa shape index (κ1) is 30.8. The van der Waals surface area contributed by atoms with Gasteiger partial charge in [-0.25, -0.2) is 4.79 Å². The minimum Gasteiger partial charge on any atom is -0.547 e. The Morgan fingerprint density at radius 1 is 0.909 bits per heavy atom. The number of carbonyl (C=O) groups is 2. The molecule has 1 aliphatic carbocycles. The predicted octanol–water partition coefficient (Wildman–Crippen LogP) is -0.186. The van der Waals surface area contributed by atoms with Crippen LogP contribution in [0.1, 0.15) is 81.6 Å². The summed E-state index contributed by atoms with van der Waals surface area (Å²) in [4.78, 5) is 23.1. The molecule has 0 amide bonds. The number of carboxylic acid groups (broad SMARTS) is 1. The van der Waals surface area contributed by atoms with Crippen LogP contribution in [0.2, 0.25) is 0 Å². The maximum absolute atomic E-state index is 12.6. The first-order chi connectivity index (χ1) is 14.5. The zero-order valence-electron chi connectivity index (χ0n) is 22.1. The van der Waals surface area contributed by atoms with Crippen molar-refractivity contribution in [3.05, 3.63) is 0 Å². The van der Waals surface area contributed by atoms with Crippen LogP contribution in [0.15, 0.2) is 0 Å². The number of esters is 1. The smallest absolute Gasteiger partial charge is 0.547 e. The topological polar surface area (TPSA) is 103 Å². The van der Waals surface area contributed by atoms with Crippen LogP contribution in [0.5, 0.6) is 0 Å². The maximum Gasteiger partial charge on any atom is 1.00 e. The number of carboxylic acids is 1. The van der Waals surface area contributed by atoms with Crippen molar-refractivity contribution >= 4 is 11.9 Å². The zero-order valence-corrected chi connectivity index (χ0v) is 24.1. The van der Waals surface area contributed by atoms with Crippen LogP contribution in [-0.4, -0.2) is 54.0 Å². The van der Waals surface area contributed by atoms with Crippen LogP contribution in [-0.2, 0) is 33.3 Å². The number of hydrogen-bond acceptors (Lipinski definition) is 8. The molecule has 3 aliphatic rings. The summed E-state index contributed by atoms with van der Waals surface area (Å²) in [5, 5.41) is 10.5. The SMILES string of the molecule is CC(C)[C@@H]1CC[C@@H](C)C[C@H]1OC(=O)C1(C)COC(C)(C)O1.CC1(C)OCC(C)(C(=O)[O-])O1.[Na+]. The maximum atomic E-state index is 12.6. The molecule has 2 aliphatic heterocycles. The van der Waals surface area contributed by atoms with Crippen molar-refractivity contribution in [2.45, 2.75) is 110 Å². The summed E-state index contributed by atoms with van der Waals surface area (Å²) in [6.07, 6.45) is 3.32. The molecule has 0 spiro atoms. The van der Waals surface area contributed by atoms with E-state index < -0.39 is 28.7 Å². The van der Waals surface area contributed by atoms with Gasteiger partial charge in [-0.2, -0.15) is 0 Å². The van der Waals surface area contributed by atoms with E-state index in [2.05, 4.69) is 20.8 Å². The van der Waals surface area contributed by atoms with E-state index >= 15 is 0 Å². The minimum absolute atomic E-state index is 0. The Morgan fingerprint density at radius 3 is 1.76 bits per heavy atom. The molecule has 0 aromatic rings. The number of hydrogen-bond donors (Lipinski definition) is 0. The molecule has 8 nitrogen and oxygen atoms in total. The van der Waals surface area contributed by atoms with Crippen LogP contribution < -0.4 is 34.7 Å². The Bertz CT molecular complexity index is 694. The van der Waals surface area contributed by atoms with Gasteiger partial charge in [0.1, 0.15) is 11.7 Å². The summed E-state index contributed by atoms with van der Waals surface area (Å²) in [5.41, 5.74) is -2.27. The third kappa shape index (κ3) is 8.16. The summed E-state index contributed by atoms with van der Waals surface area (Å²) >= 11 is 0. The monoisotopic (exact) mass is 480 g/mol. The Morgan fingerprint density at radius 2 is 1.39 bits per heavy atom. The standard InChI is InChI=1S/C17H30O4.C7H12O4.Na/c1-11(2)13-8-7-12(3)9-14(13)20-15(18)17(6)10-19-16(4,5)21-17;1-6(2)10-4-7(3,11-6)5(8)9;/h11-14H,7-10H2,1-6H3;4H2,1-3H3,(H,8,9);/q;;+1/p-1/t12-,13+,14-,17?;;/m1../s1. The van der Waals surface area contributed by atoms with Gasteiger partial charge in [0.25, 0.3) is 0 Å². The molecule has 2 unspecified atom stereocenters. The van der Waals surface area contributed by atoms with E-state index in [1.807, 2.05) is 13.8 Å². The molecule has 0 radical (unpaired) electrons. The number of rotatable bonds is 4. The molecule has 3 rings (SSSR count). The second-order valence-corrected chi connectivity index (χ2v) is 11.1. The third-order valence-electron chi connectivity index (χ3n) is 6.42. The largest absolute Gasteiger partial charge is 1.00 e. The van der Waals surface area contributed by atoms with E-state index in [0.717, 1.165) is 12.8 Å². The molecule has 1 saturated carbocycles. The molecule has 2 saturated heterocycles. The van der Waals surface area contributed by atoms with Crippen LogP contribution in [0, 0.1) is 17.8 Å². The normalized spacial score (nSPS) is 37.0. The van der Waals surface area contributed by atoms with Crippen molar-refractivity contribution in [1.82, 2.24) is 0 Å². The van der Waals surface area contributed by atoms with Gasteiger partial charge < -0.3 is 33.6 Å². The molecule has 2 heterocycles. The van der Waals surface area contributed by atoms with Crippen LogP contribution >= 0.6 is 0 Å². The van der Waals surface area contributed by atoms with Gasteiger partial charge in [-0.15, -0.1) is 0 Å². The average molecular weight is 481 g/mol. The summed E-state index contributed by atoms with van der Waals surface area (Å²) in [5.74, 6) is -1.45. The molecule has 33 heavy (non-hydrogen) atoms. The van der Waals surface area contributed by atoms with Crippen LogP contribution in [0.25, 0.3) is 0 Å². The fraction of sp³-hybridized carbons (Fsp3) is 0.917. The molecule has 3 fully saturated rings. The van der Waals surface area contributed by atoms with Gasteiger partial charge in [0, 0.05) is 0 Å². The van der Waals surface area contributed by atoms with E-state index in [4.69, 9.17) is 23.7 Å². The molecule has 0 N–H and O–H groups in total. The van der Waals surface area contributed by atoms with E-state index in [1.54, 1.807) is 20.8 Å². The van der Waals surface area contributed by atoms with Gasteiger partial charge in [-0.3, -0.25) is 0 Å². The molecule has 186 valence electrons. The van der Waals surface area contributed by atoms with E-state index in [1.165, 1.54) is 13.3 Å². The second-order valence-electron chi connectivity index (χ2n) is 11.1. The van der Waals surface area contributed by atoms with Crippen molar-refractivity contribution in [1.29, 1.82) is 0 Å². The van der Waals surface area contributed by atoms with Gasteiger partial charge in [0.2, 0.25) is 0 Å². The van der Waals surface area contributed by atoms with Gasteiger partial charge >= 0.3 is 35.5 Å². The van der Waals surface area contributed by atoms with E-state index in [0.29, 0.717) is 17.8 Å². The average Bonchev–Trinajstić information content (AvgIpc) is 3.11. The van der Waals surface area contributed by atoms with E-state index in [-0.39, 0.29) is 54.8 Å². The zero-order chi connectivity index (χ0) is 24.5. The van der Waals surface area contributed by atoms with Crippen molar-refractivity contribution in [2.75, 3.05) is 13.2 Å². The van der Waals surface area contributed by atoms with Gasteiger partial charge in [0.05, 0.1) is 19.2 Å². The first-order valence-electron chi connectivity index (χ1n) is 11.6. The number of carbonyl (C=O) groups excluding carboxylic acids is 2. The molecule has 0 aromatic heterocycles. The summed E-state index contributed by atoms with van der Waals surface area (Å²) in [7, 11) is 0. The van der Waals surface area contributed by atoms with Gasteiger partial charge in [0.15, 0.2) is 17.2 Å². The molecule has 0 bridgehead atoms. The Kier molecular flexibility index (Phi) is 10.5. The fourth-order valence-electron chi connectivity index (χ4n) is 4.54. The Balaban J connectivity index is 0.000000385. The Hall–Kier alpha value is -0.220. The van der Waals surface area contributed by atoms with Crippen molar-refractivity contribution in [3.63, 3.8) is 0 Å². The molecule has 0 aromatic carbocycles. The van der Waals surface area contributed by atoms with Crippen molar-refractivity contribution < 1.29 is 67.9 Å². The minimum atomic E-state index is -1.29. The molecule has 9 heteroatoms. The van der Waals surface area contributed by atoms with Crippen molar-refractivity contribution in [2.24, 2.45) is 17.8 Å². The van der Waals surface area contributed by atoms with Gasteiger partial charge in [-0.1, -0.05) is 27.2 Å². The number of ether oxygens (including phenoxy) is 5. The van der Waals surface area contributed by atoms with Crippen LogP contribution in [0.3, 0.4) is 0 Å². The third-order valence-corrected chi connectivity index (χ3v) is 6.42. The first-order valence-corrected chi connectivity index (χ1v) is 11.6. The van der Waals surface area contributed by atoms with Gasteiger partial charge in [-0.05, 0) is 72.1 Å².